The molecule has 0 aliphatic heterocycles. The number of rotatable bonds is 3. The summed E-state index contributed by atoms with van der Waals surface area (Å²) >= 11 is 0. The second-order valence-electron chi connectivity index (χ2n) is 1.64. The van der Waals surface area contributed by atoms with Gasteiger partial charge in [0.25, 0.3) is 0 Å². The Morgan fingerprint density at radius 3 is 2.17 bits per heavy atom. The molecular weight excluding hydrogens is 183 g/mol. The quantitative estimate of drug-likeness (QED) is 0.369. The highest BCUT2D eigenvalue weighted by atomic mass is 19.4. The Balaban J connectivity index is 4.02. The van der Waals surface area contributed by atoms with Crippen molar-refractivity contribution in [1.82, 2.24) is 0 Å². The molecule has 0 bridgehead atoms. The van der Waals surface area contributed by atoms with Gasteiger partial charge < -0.3 is 0 Å². The van der Waals surface area contributed by atoms with E-state index in [9.17, 15) is 22.8 Å². The lowest BCUT2D eigenvalue weighted by Crippen LogP contribution is -2.25. The molecule has 0 spiro atoms. The largest absolute Gasteiger partial charge is 0.450 e. The standard InChI is InChI=1S/C4H2F3NO4/c5-4(6,7)2(9)1-3(10)12-8-11/h1H2. The highest BCUT2D eigenvalue weighted by Crippen LogP contribution is 2.17. The van der Waals surface area contributed by atoms with Crippen molar-refractivity contribution in [1.29, 1.82) is 0 Å². The number of nitrogens with zero attached hydrogens (tertiary/aromatic N) is 1. The minimum Gasteiger partial charge on any atom is -0.289 e. The van der Waals surface area contributed by atoms with Crippen molar-refractivity contribution >= 4 is 11.8 Å². The van der Waals surface area contributed by atoms with Gasteiger partial charge in [0.15, 0.2) is 5.34 Å². The Morgan fingerprint density at radius 2 is 1.83 bits per heavy atom. The first-order chi connectivity index (χ1) is 5.38. The van der Waals surface area contributed by atoms with Crippen LogP contribution in [0.25, 0.3) is 0 Å². The van der Waals surface area contributed by atoms with E-state index in [-0.39, 0.29) is 0 Å². The van der Waals surface area contributed by atoms with Crippen LogP contribution in [-0.2, 0) is 14.4 Å². The van der Waals surface area contributed by atoms with Crippen LogP contribution in [0, 0.1) is 4.91 Å². The highest BCUT2D eigenvalue weighted by Gasteiger charge is 2.39. The van der Waals surface area contributed by atoms with E-state index in [1.54, 1.807) is 5.34 Å². The maximum Gasteiger partial charge on any atom is 0.450 e. The van der Waals surface area contributed by atoms with E-state index in [0.717, 1.165) is 0 Å². The number of carbonyl (C=O) groups is 2. The Bertz CT molecular complexity index is 211. The summed E-state index contributed by atoms with van der Waals surface area (Å²) in [5.41, 5.74) is 0. The third kappa shape index (κ3) is 3.64. The molecule has 0 N–H and O–H groups in total. The topological polar surface area (TPSA) is 72.8 Å². The van der Waals surface area contributed by atoms with Crippen molar-refractivity contribution < 1.29 is 27.6 Å². The van der Waals surface area contributed by atoms with Crippen LogP contribution < -0.4 is 0 Å². The number of carbonyl (C=O) groups excluding carboxylic acids is 2. The predicted octanol–water partition coefficient (Wildman–Crippen LogP) is 0.733. The smallest absolute Gasteiger partial charge is 0.289 e. The molecule has 0 radical (unpaired) electrons. The number of ketones is 1. The molecule has 12 heavy (non-hydrogen) atoms. The third-order valence-corrected chi connectivity index (χ3v) is 0.760. The van der Waals surface area contributed by atoms with Crippen LogP contribution in [0.1, 0.15) is 6.42 Å². The van der Waals surface area contributed by atoms with E-state index in [1.165, 1.54) is 0 Å². The Hall–Kier alpha value is -1.47. The van der Waals surface area contributed by atoms with Gasteiger partial charge in [0.1, 0.15) is 6.42 Å². The Labute approximate surface area is 63.4 Å². The molecular formula is C4H2F3NO4. The second-order valence-corrected chi connectivity index (χ2v) is 1.64. The molecule has 0 aliphatic carbocycles. The molecule has 0 atom stereocenters. The van der Waals surface area contributed by atoms with Gasteiger partial charge in [-0.15, -0.1) is 4.91 Å². The summed E-state index contributed by atoms with van der Waals surface area (Å²) in [6.45, 7) is 0. The van der Waals surface area contributed by atoms with Crippen molar-refractivity contribution in [2.24, 2.45) is 5.34 Å². The number of hydrogen-bond acceptors (Lipinski definition) is 5. The first-order valence-corrected chi connectivity index (χ1v) is 2.50. The molecule has 0 unspecified atom stereocenters. The highest BCUT2D eigenvalue weighted by molar-refractivity contribution is 5.98. The molecule has 0 amide bonds. The summed E-state index contributed by atoms with van der Waals surface area (Å²) in [6, 6.07) is 0. The molecule has 5 nitrogen and oxygen atoms in total. The number of hydrogen-bond donors (Lipinski definition) is 0. The van der Waals surface area contributed by atoms with E-state index in [2.05, 4.69) is 4.84 Å². The molecule has 0 saturated carbocycles. The summed E-state index contributed by atoms with van der Waals surface area (Å²) in [5.74, 6) is -3.91. The molecule has 8 heteroatoms. The molecule has 0 rings (SSSR count). The van der Waals surface area contributed by atoms with E-state index in [0.29, 0.717) is 0 Å². The second kappa shape index (κ2) is 3.79. The Kier molecular flexibility index (Phi) is 3.32. The van der Waals surface area contributed by atoms with Gasteiger partial charge in [0.2, 0.25) is 5.78 Å². The fourth-order valence-corrected chi connectivity index (χ4v) is 0.305. The predicted molar refractivity (Wildman–Crippen MR) is 27.6 cm³/mol. The van der Waals surface area contributed by atoms with Crippen molar-refractivity contribution in [2.45, 2.75) is 12.6 Å². The first kappa shape index (κ1) is 10.5. The monoisotopic (exact) mass is 185 g/mol. The lowest BCUT2D eigenvalue weighted by atomic mass is 10.3. The molecule has 0 heterocycles. The van der Waals surface area contributed by atoms with Gasteiger partial charge >= 0.3 is 12.1 Å². The molecule has 0 aliphatic rings. The molecule has 0 aromatic carbocycles. The van der Waals surface area contributed by atoms with Crippen LogP contribution in [0.4, 0.5) is 13.2 Å². The van der Waals surface area contributed by atoms with E-state index in [1.807, 2.05) is 0 Å². The SMILES string of the molecule is O=NOC(=O)CC(=O)C(F)(F)F. The average Bonchev–Trinajstić information content (AvgIpc) is 1.85. The summed E-state index contributed by atoms with van der Waals surface area (Å²) in [4.78, 5) is 32.4. The van der Waals surface area contributed by atoms with Crippen molar-refractivity contribution in [2.75, 3.05) is 0 Å². The molecule has 0 fully saturated rings. The average molecular weight is 185 g/mol. The van der Waals surface area contributed by atoms with Gasteiger partial charge in [0.05, 0.1) is 0 Å². The number of halogens is 3. The van der Waals surface area contributed by atoms with Gasteiger partial charge in [0, 0.05) is 0 Å². The van der Waals surface area contributed by atoms with Gasteiger partial charge in [-0.1, -0.05) is 0 Å². The molecule has 0 aromatic rings. The van der Waals surface area contributed by atoms with Crippen LogP contribution in [0.15, 0.2) is 5.34 Å². The maximum atomic E-state index is 11.4. The fraction of sp³-hybridized carbons (Fsp3) is 0.500. The van der Waals surface area contributed by atoms with Gasteiger partial charge in [-0.25, -0.2) is 4.79 Å². The number of alkyl halides is 3. The van der Waals surface area contributed by atoms with E-state index < -0.39 is 24.3 Å². The van der Waals surface area contributed by atoms with Crippen LogP contribution >= 0.6 is 0 Å². The van der Waals surface area contributed by atoms with Crippen molar-refractivity contribution in [3.05, 3.63) is 4.91 Å². The van der Waals surface area contributed by atoms with Crippen LogP contribution in [0.5, 0.6) is 0 Å². The normalized spacial score (nSPS) is 10.6. The van der Waals surface area contributed by atoms with Crippen molar-refractivity contribution in [3.63, 3.8) is 0 Å². The lowest BCUT2D eigenvalue weighted by Gasteiger charge is -2.01. The summed E-state index contributed by atoms with van der Waals surface area (Å²) in [7, 11) is 0. The van der Waals surface area contributed by atoms with Gasteiger partial charge in [-0.05, 0) is 0 Å². The van der Waals surface area contributed by atoms with Gasteiger partial charge in [-0.2, -0.15) is 13.2 Å². The Morgan fingerprint density at radius 1 is 1.33 bits per heavy atom. The number of Topliss-reactive ketones (excluding diaryl/α,β-unsaturated/α-hetero) is 1. The third-order valence-electron chi connectivity index (χ3n) is 0.760. The van der Waals surface area contributed by atoms with Gasteiger partial charge in [-0.3, -0.25) is 9.63 Å². The van der Waals surface area contributed by atoms with Crippen LogP contribution in [0.2, 0.25) is 0 Å². The summed E-state index contributed by atoms with van der Waals surface area (Å²) < 4.78 is 34.2. The van der Waals surface area contributed by atoms with Crippen LogP contribution in [0.3, 0.4) is 0 Å². The zero-order valence-corrected chi connectivity index (χ0v) is 5.42. The zero-order valence-electron chi connectivity index (χ0n) is 5.42. The van der Waals surface area contributed by atoms with Crippen molar-refractivity contribution in [3.8, 4) is 0 Å². The molecule has 0 aromatic heterocycles. The summed E-state index contributed by atoms with van der Waals surface area (Å²) in [6.07, 6.45) is -6.63. The molecule has 68 valence electrons. The van der Waals surface area contributed by atoms with Crippen LogP contribution in [-0.4, -0.2) is 17.9 Å². The first-order valence-electron chi connectivity index (χ1n) is 2.50. The van der Waals surface area contributed by atoms with E-state index >= 15 is 0 Å². The fourth-order valence-electron chi connectivity index (χ4n) is 0.305. The maximum absolute atomic E-state index is 11.4. The van der Waals surface area contributed by atoms with E-state index in [4.69, 9.17) is 4.91 Å². The summed E-state index contributed by atoms with van der Waals surface area (Å²) in [5, 5.41) is 1.55. The lowest BCUT2D eigenvalue weighted by molar-refractivity contribution is -0.174. The zero-order chi connectivity index (χ0) is 9.78. The molecule has 0 saturated heterocycles. The minimum atomic E-state index is -5.10. The minimum absolute atomic E-state index is 1.53.